The lowest BCUT2D eigenvalue weighted by Gasteiger charge is -2.40. The second-order valence-electron chi connectivity index (χ2n) is 18.5. The summed E-state index contributed by atoms with van der Waals surface area (Å²) in [5.41, 5.74) is 0. The highest BCUT2D eigenvalue weighted by Gasteiger charge is 2.44. The molecule has 0 aromatic heterocycles. The van der Waals surface area contributed by atoms with Crippen LogP contribution < -0.4 is 5.32 Å². The minimum atomic E-state index is -1.60. The summed E-state index contributed by atoms with van der Waals surface area (Å²) in [5, 5.41) is 65.3. The SMILES string of the molecule is CCCCCCCCCCCCCCCCCCCCCCCCCC(=O)NC(CO[C@@H]1O[C@H](CO)[C@H](O)[C@H](O)[C@H]1O)C(O)C(O)CCCCCCCCCCCCCC. The number of aliphatic hydroxyl groups is 6. The van der Waals surface area contributed by atoms with Crippen molar-refractivity contribution in [3.63, 3.8) is 0 Å². The Morgan fingerprint density at radius 3 is 1.23 bits per heavy atom. The van der Waals surface area contributed by atoms with Crippen LogP contribution in [-0.4, -0.2) is 98.7 Å². The highest BCUT2D eigenvalue weighted by atomic mass is 16.7. The Morgan fingerprint density at radius 2 is 0.867 bits per heavy atom. The summed E-state index contributed by atoms with van der Waals surface area (Å²) in [5.74, 6) is -0.252. The van der Waals surface area contributed by atoms with E-state index in [4.69, 9.17) is 9.47 Å². The summed E-state index contributed by atoms with van der Waals surface area (Å²) >= 11 is 0. The summed E-state index contributed by atoms with van der Waals surface area (Å²) in [6.07, 6.45) is 35.5. The molecule has 7 N–H and O–H groups in total. The third-order valence-electron chi connectivity index (χ3n) is 12.8. The fourth-order valence-corrected chi connectivity index (χ4v) is 8.61. The molecule has 0 radical (unpaired) electrons. The van der Waals surface area contributed by atoms with Crippen LogP contribution in [0.1, 0.15) is 251 Å². The zero-order valence-corrected chi connectivity index (χ0v) is 39.1. The zero-order valence-electron chi connectivity index (χ0n) is 39.1. The summed E-state index contributed by atoms with van der Waals surface area (Å²) in [6, 6.07) is -0.985. The maximum Gasteiger partial charge on any atom is 0.220 e. The molecule has 0 spiro atoms. The standard InChI is InChI=1S/C50H99NO9/c1-3-5-7-9-11-13-15-17-18-19-20-21-22-23-24-25-26-27-29-31-33-35-37-39-45(54)51-42(41-59-50-49(58)48(57)47(56)44(40-52)60-50)46(55)43(53)38-36-34-32-30-28-16-14-12-10-8-6-4-2/h42-44,46-50,52-53,55-58H,3-41H2,1-2H3,(H,51,54)/t42?,43?,44-,46?,47+,48+,49-,50-/m1/s1. The molecule has 0 bridgehead atoms. The van der Waals surface area contributed by atoms with Gasteiger partial charge in [-0.05, 0) is 12.8 Å². The molecular formula is C50H99NO9. The molecule has 0 saturated carbocycles. The number of rotatable bonds is 44. The fraction of sp³-hybridized carbons (Fsp3) is 0.980. The lowest BCUT2D eigenvalue weighted by Crippen LogP contribution is -2.60. The van der Waals surface area contributed by atoms with Gasteiger partial charge in [-0.1, -0.05) is 232 Å². The minimum Gasteiger partial charge on any atom is -0.394 e. The number of hydrogen-bond acceptors (Lipinski definition) is 9. The van der Waals surface area contributed by atoms with E-state index in [1.807, 2.05) is 0 Å². The van der Waals surface area contributed by atoms with Gasteiger partial charge in [0.15, 0.2) is 6.29 Å². The van der Waals surface area contributed by atoms with E-state index in [0.29, 0.717) is 6.42 Å². The lowest BCUT2D eigenvalue weighted by molar-refractivity contribution is -0.303. The van der Waals surface area contributed by atoms with Crippen LogP contribution in [-0.2, 0) is 14.3 Å². The monoisotopic (exact) mass is 858 g/mol. The maximum atomic E-state index is 13.0. The van der Waals surface area contributed by atoms with Gasteiger partial charge in [-0.3, -0.25) is 4.79 Å². The highest BCUT2D eigenvalue weighted by molar-refractivity contribution is 5.76. The Balaban J connectivity index is 2.26. The number of aliphatic hydroxyl groups excluding tert-OH is 6. The van der Waals surface area contributed by atoms with Crippen molar-refractivity contribution in [2.45, 2.75) is 300 Å². The Hall–Kier alpha value is -0.850. The van der Waals surface area contributed by atoms with Crippen molar-refractivity contribution < 1.29 is 44.9 Å². The minimum absolute atomic E-state index is 0.252. The predicted molar refractivity (Wildman–Crippen MR) is 246 cm³/mol. The van der Waals surface area contributed by atoms with Crippen molar-refractivity contribution in [1.29, 1.82) is 0 Å². The van der Waals surface area contributed by atoms with Gasteiger partial charge in [-0.25, -0.2) is 0 Å². The van der Waals surface area contributed by atoms with Gasteiger partial charge in [0.2, 0.25) is 5.91 Å². The van der Waals surface area contributed by atoms with Crippen LogP contribution in [0.3, 0.4) is 0 Å². The van der Waals surface area contributed by atoms with Crippen LogP contribution in [0, 0.1) is 0 Å². The molecule has 1 saturated heterocycles. The Bertz CT molecular complexity index is 926. The number of carbonyl (C=O) groups is 1. The van der Waals surface area contributed by atoms with E-state index in [-0.39, 0.29) is 18.9 Å². The molecule has 60 heavy (non-hydrogen) atoms. The molecule has 3 unspecified atom stereocenters. The second kappa shape index (κ2) is 40.9. The van der Waals surface area contributed by atoms with Gasteiger partial charge < -0.3 is 45.4 Å². The molecule has 1 rings (SSSR count). The zero-order chi connectivity index (χ0) is 43.9. The lowest BCUT2D eigenvalue weighted by atomic mass is 9.98. The van der Waals surface area contributed by atoms with Crippen LogP contribution in [0.5, 0.6) is 0 Å². The molecule has 0 aromatic rings. The van der Waals surface area contributed by atoms with Crippen molar-refractivity contribution in [2.75, 3.05) is 13.2 Å². The van der Waals surface area contributed by atoms with E-state index < -0.39 is 55.6 Å². The Morgan fingerprint density at radius 1 is 0.517 bits per heavy atom. The molecule has 1 amide bonds. The van der Waals surface area contributed by atoms with Gasteiger partial charge in [-0.2, -0.15) is 0 Å². The molecule has 10 nitrogen and oxygen atoms in total. The smallest absolute Gasteiger partial charge is 0.220 e. The molecule has 10 heteroatoms. The predicted octanol–water partition coefficient (Wildman–Crippen LogP) is 10.5. The topological polar surface area (TPSA) is 169 Å². The normalized spacial score (nSPS) is 21.0. The first-order valence-electron chi connectivity index (χ1n) is 25.8. The molecule has 8 atom stereocenters. The van der Waals surface area contributed by atoms with Gasteiger partial charge >= 0.3 is 0 Å². The molecule has 1 fully saturated rings. The Kier molecular flexibility index (Phi) is 39.0. The summed E-state index contributed by atoms with van der Waals surface area (Å²) < 4.78 is 11.2. The first kappa shape index (κ1) is 57.2. The molecule has 358 valence electrons. The van der Waals surface area contributed by atoms with Crippen LogP contribution in [0.15, 0.2) is 0 Å². The maximum absolute atomic E-state index is 13.0. The summed E-state index contributed by atoms with van der Waals surface area (Å²) in [4.78, 5) is 13.0. The fourth-order valence-electron chi connectivity index (χ4n) is 8.61. The number of amides is 1. The molecule has 0 aromatic carbocycles. The third kappa shape index (κ3) is 30.3. The van der Waals surface area contributed by atoms with Gasteiger partial charge in [0, 0.05) is 6.42 Å². The van der Waals surface area contributed by atoms with Gasteiger partial charge in [0.1, 0.15) is 30.5 Å². The van der Waals surface area contributed by atoms with E-state index in [2.05, 4.69) is 19.2 Å². The first-order valence-corrected chi connectivity index (χ1v) is 25.8. The number of carbonyl (C=O) groups excluding carboxylic acids is 1. The van der Waals surface area contributed by atoms with Gasteiger partial charge in [0.05, 0.1) is 25.4 Å². The average molecular weight is 858 g/mol. The summed E-state index contributed by atoms with van der Waals surface area (Å²) in [7, 11) is 0. The highest BCUT2D eigenvalue weighted by Crippen LogP contribution is 2.23. The van der Waals surface area contributed by atoms with Crippen molar-refractivity contribution in [2.24, 2.45) is 0 Å². The van der Waals surface area contributed by atoms with E-state index in [1.165, 1.54) is 186 Å². The van der Waals surface area contributed by atoms with Gasteiger partial charge in [0.25, 0.3) is 0 Å². The van der Waals surface area contributed by atoms with Crippen molar-refractivity contribution in [3.8, 4) is 0 Å². The summed E-state index contributed by atoms with van der Waals surface area (Å²) in [6.45, 7) is 3.63. The van der Waals surface area contributed by atoms with Crippen molar-refractivity contribution in [1.82, 2.24) is 5.32 Å². The number of ether oxygens (including phenoxy) is 2. The largest absolute Gasteiger partial charge is 0.394 e. The quantitative estimate of drug-likeness (QED) is 0.0295. The van der Waals surface area contributed by atoms with Crippen molar-refractivity contribution in [3.05, 3.63) is 0 Å². The molecule has 0 aliphatic carbocycles. The van der Waals surface area contributed by atoms with Crippen LogP contribution >= 0.6 is 0 Å². The first-order chi connectivity index (χ1) is 29.3. The number of nitrogens with one attached hydrogen (secondary N) is 1. The average Bonchev–Trinajstić information content (AvgIpc) is 3.25. The third-order valence-corrected chi connectivity index (χ3v) is 12.8. The van der Waals surface area contributed by atoms with E-state index in [0.717, 1.165) is 38.5 Å². The number of unbranched alkanes of at least 4 members (excludes halogenated alkanes) is 33. The molecule has 1 aliphatic rings. The van der Waals surface area contributed by atoms with Crippen LogP contribution in [0.25, 0.3) is 0 Å². The number of hydrogen-bond donors (Lipinski definition) is 7. The van der Waals surface area contributed by atoms with Crippen LogP contribution in [0.2, 0.25) is 0 Å². The van der Waals surface area contributed by atoms with E-state index in [1.54, 1.807) is 0 Å². The molecular weight excluding hydrogens is 759 g/mol. The van der Waals surface area contributed by atoms with Crippen LogP contribution in [0.4, 0.5) is 0 Å². The van der Waals surface area contributed by atoms with Crippen molar-refractivity contribution >= 4 is 5.91 Å². The molecule has 1 aliphatic heterocycles. The van der Waals surface area contributed by atoms with Gasteiger partial charge in [-0.15, -0.1) is 0 Å². The molecule has 1 heterocycles. The second-order valence-corrected chi connectivity index (χ2v) is 18.5. The van der Waals surface area contributed by atoms with E-state index in [9.17, 15) is 35.4 Å². The Labute approximate surface area is 368 Å². The van der Waals surface area contributed by atoms with E-state index >= 15 is 0 Å².